The first kappa shape index (κ1) is 12.9. The zero-order valence-corrected chi connectivity index (χ0v) is 10.5. The van der Waals surface area contributed by atoms with E-state index in [0.717, 1.165) is 11.1 Å². The zero-order valence-electron chi connectivity index (χ0n) is 10.5. The van der Waals surface area contributed by atoms with Crippen molar-refractivity contribution >= 4 is 5.69 Å². The molecular formula is C15H13FN2O. The van der Waals surface area contributed by atoms with Crippen molar-refractivity contribution in [2.75, 3.05) is 5.73 Å². The van der Waals surface area contributed by atoms with Crippen molar-refractivity contribution in [1.29, 1.82) is 5.26 Å². The van der Waals surface area contributed by atoms with Gasteiger partial charge in [0.05, 0.1) is 5.56 Å². The van der Waals surface area contributed by atoms with Crippen LogP contribution in [-0.4, -0.2) is 0 Å². The van der Waals surface area contributed by atoms with Crippen LogP contribution in [0.2, 0.25) is 0 Å². The van der Waals surface area contributed by atoms with E-state index in [1.165, 1.54) is 12.1 Å². The first-order valence-electron chi connectivity index (χ1n) is 5.77. The van der Waals surface area contributed by atoms with Crippen LogP contribution in [-0.2, 0) is 6.61 Å². The lowest BCUT2D eigenvalue weighted by atomic mass is 10.1. The number of nitrogens with two attached hydrogens (primary N) is 1. The summed E-state index contributed by atoms with van der Waals surface area (Å²) in [5.74, 6) is 0.161. The van der Waals surface area contributed by atoms with Gasteiger partial charge in [-0.3, -0.25) is 0 Å². The fraction of sp³-hybridized carbons (Fsp3) is 0.133. The Morgan fingerprint density at radius 1 is 1.26 bits per heavy atom. The summed E-state index contributed by atoms with van der Waals surface area (Å²) in [7, 11) is 0. The quantitative estimate of drug-likeness (QED) is 0.858. The van der Waals surface area contributed by atoms with Crippen molar-refractivity contribution in [2.45, 2.75) is 13.5 Å². The minimum Gasteiger partial charge on any atom is -0.489 e. The second-order valence-electron chi connectivity index (χ2n) is 4.24. The molecule has 0 amide bonds. The van der Waals surface area contributed by atoms with Gasteiger partial charge in [0, 0.05) is 11.8 Å². The highest BCUT2D eigenvalue weighted by atomic mass is 19.1. The van der Waals surface area contributed by atoms with Crippen LogP contribution in [0, 0.1) is 24.1 Å². The van der Waals surface area contributed by atoms with Crippen LogP contribution >= 0.6 is 0 Å². The van der Waals surface area contributed by atoms with E-state index in [2.05, 4.69) is 0 Å². The number of benzene rings is 2. The Balaban J connectivity index is 2.15. The van der Waals surface area contributed by atoms with E-state index in [9.17, 15) is 4.39 Å². The lowest BCUT2D eigenvalue weighted by Crippen LogP contribution is -1.99. The number of anilines is 1. The fourth-order valence-electron chi connectivity index (χ4n) is 1.68. The summed E-state index contributed by atoms with van der Waals surface area (Å²) in [5.41, 5.74) is 8.04. The van der Waals surface area contributed by atoms with Crippen molar-refractivity contribution < 1.29 is 9.13 Å². The molecule has 0 saturated carbocycles. The molecule has 0 aliphatic rings. The predicted octanol–water partition coefficient (Wildman–Crippen LogP) is 3.17. The van der Waals surface area contributed by atoms with E-state index in [1.807, 2.05) is 13.0 Å². The Labute approximate surface area is 111 Å². The van der Waals surface area contributed by atoms with Crippen molar-refractivity contribution in [2.24, 2.45) is 0 Å². The van der Waals surface area contributed by atoms with E-state index in [0.29, 0.717) is 11.4 Å². The molecule has 0 aliphatic carbocycles. The Hall–Kier alpha value is -2.54. The van der Waals surface area contributed by atoms with Gasteiger partial charge in [-0.05, 0) is 36.2 Å². The normalized spacial score (nSPS) is 9.95. The molecule has 2 N–H and O–H groups in total. The lowest BCUT2D eigenvalue weighted by Gasteiger charge is -2.10. The van der Waals surface area contributed by atoms with E-state index in [1.54, 1.807) is 24.3 Å². The van der Waals surface area contributed by atoms with Crippen molar-refractivity contribution in [3.63, 3.8) is 0 Å². The molecule has 96 valence electrons. The Morgan fingerprint density at radius 3 is 2.79 bits per heavy atom. The summed E-state index contributed by atoms with van der Waals surface area (Å²) in [6.07, 6.45) is 0. The third-order valence-corrected chi connectivity index (χ3v) is 2.76. The molecule has 0 heterocycles. The van der Waals surface area contributed by atoms with E-state index in [-0.39, 0.29) is 12.2 Å². The summed E-state index contributed by atoms with van der Waals surface area (Å²) in [6, 6.07) is 11.6. The van der Waals surface area contributed by atoms with Crippen LogP contribution in [0.4, 0.5) is 10.1 Å². The topological polar surface area (TPSA) is 59.0 Å². The second-order valence-corrected chi connectivity index (χ2v) is 4.24. The van der Waals surface area contributed by atoms with Gasteiger partial charge in [-0.1, -0.05) is 12.1 Å². The largest absolute Gasteiger partial charge is 0.489 e. The maximum atomic E-state index is 13.2. The number of hydrogen-bond acceptors (Lipinski definition) is 3. The number of nitriles is 1. The molecule has 0 saturated heterocycles. The molecule has 0 radical (unpaired) electrons. The molecule has 2 aromatic rings. The first-order chi connectivity index (χ1) is 9.10. The summed E-state index contributed by atoms with van der Waals surface area (Å²) >= 11 is 0. The molecule has 0 spiro atoms. The van der Waals surface area contributed by atoms with Gasteiger partial charge in [-0.15, -0.1) is 0 Å². The number of rotatable bonds is 3. The molecule has 4 heteroatoms. The van der Waals surface area contributed by atoms with Crippen LogP contribution in [0.1, 0.15) is 16.7 Å². The SMILES string of the molecule is Cc1ccc(N)cc1OCc1ccc(F)c(C#N)c1. The van der Waals surface area contributed by atoms with E-state index < -0.39 is 5.82 Å². The second kappa shape index (κ2) is 5.40. The van der Waals surface area contributed by atoms with Crippen LogP contribution in [0.25, 0.3) is 0 Å². The molecule has 0 unspecified atom stereocenters. The molecule has 0 fully saturated rings. The zero-order chi connectivity index (χ0) is 13.8. The average molecular weight is 256 g/mol. The van der Waals surface area contributed by atoms with E-state index >= 15 is 0 Å². The molecular weight excluding hydrogens is 243 g/mol. The summed E-state index contributed by atoms with van der Waals surface area (Å²) in [5, 5.41) is 8.76. The van der Waals surface area contributed by atoms with Crippen molar-refractivity contribution in [1.82, 2.24) is 0 Å². The van der Waals surface area contributed by atoms with Gasteiger partial charge in [0.15, 0.2) is 0 Å². The smallest absolute Gasteiger partial charge is 0.140 e. The highest BCUT2D eigenvalue weighted by molar-refractivity contribution is 5.48. The lowest BCUT2D eigenvalue weighted by molar-refractivity contribution is 0.304. The Kier molecular flexibility index (Phi) is 3.67. The van der Waals surface area contributed by atoms with Gasteiger partial charge in [0.25, 0.3) is 0 Å². The first-order valence-corrected chi connectivity index (χ1v) is 5.77. The van der Waals surface area contributed by atoms with Crippen LogP contribution in [0.15, 0.2) is 36.4 Å². The molecule has 2 rings (SSSR count). The van der Waals surface area contributed by atoms with Crippen LogP contribution in [0.3, 0.4) is 0 Å². The summed E-state index contributed by atoms with van der Waals surface area (Å²) < 4.78 is 18.8. The van der Waals surface area contributed by atoms with Gasteiger partial charge in [0.1, 0.15) is 24.2 Å². The monoisotopic (exact) mass is 256 g/mol. The molecule has 0 aromatic heterocycles. The van der Waals surface area contributed by atoms with Gasteiger partial charge in [-0.2, -0.15) is 5.26 Å². The minimum atomic E-state index is -0.522. The number of nitrogens with zero attached hydrogens (tertiary/aromatic N) is 1. The highest BCUT2D eigenvalue weighted by Gasteiger charge is 2.05. The number of halogens is 1. The number of aryl methyl sites for hydroxylation is 1. The molecule has 3 nitrogen and oxygen atoms in total. The van der Waals surface area contributed by atoms with E-state index in [4.69, 9.17) is 15.7 Å². The number of nitrogen functional groups attached to an aromatic ring is 1. The number of hydrogen-bond donors (Lipinski definition) is 1. The van der Waals surface area contributed by atoms with Gasteiger partial charge in [0.2, 0.25) is 0 Å². The summed E-state index contributed by atoms with van der Waals surface area (Å²) in [4.78, 5) is 0. The molecule has 2 aromatic carbocycles. The predicted molar refractivity (Wildman–Crippen MR) is 71.0 cm³/mol. The van der Waals surface area contributed by atoms with Gasteiger partial charge in [-0.25, -0.2) is 4.39 Å². The van der Waals surface area contributed by atoms with Crippen molar-refractivity contribution in [3.8, 4) is 11.8 Å². The third-order valence-electron chi connectivity index (χ3n) is 2.76. The van der Waals surface area contributed by atoms with Crippen molar-refractivity contribution in [3.05, 3.63) is 58.9 Å². The Bertz CT molecular complexity index is 647. The third kappa shape index (κ3) is 3.02. The minimum absolute atomic E-state index is 0.0189. The van der Waals surface area contributed by atoms with Crippen LogP contribution in [0.5, 0.6) is 5.75 Å². The molecule has 0 bridgehead atoms. The van der Waals surface area contributed by atoms with Gasteiger partial charge >= 0.3 is 0 Å². The Morgan fingerprint density at radius 2 is 2.05 bits per heavy atom. The summed E-state index contributed by atoms with van der Waals surface area (Å²) in [6.45, 7) is 2.18. The average Bonchev–Trinajstić information content (AvgIpc) is 2.41. The number of ether oxygens (including phenoxy) is 1. The standard InChI is InChI=1S/C15H13FN2O/c1-10-2-4-13(18)7-15(10)19-9-11-3-5-14(16)12(6-11)8-17/h2-7H,9,18H2,1H3. The molecule has 0 aliphatic heterocycles. The molecule has 19 heavy (non-hydrogen) atoms. The highest BCUT2D eigenvalue weighted by Crippen LogP contribution is 2.22. The van der Waals surface area contributed by atoms with Gasteiger partial charge < -0.3 is 10.5 Å². The fourth-order valence-corrected chi connectivity index (χ4v) is 1.68. The maximum Gasteiger partial charge on any atom is 0.140 e. The molecule has 0 atom stereocenters. The van der Waals surface area contributed by atoms with Crippen LogP contribution < -0.4 is 10.5 Å². The maximum absolute atomic E-state index is 13.2.